The first-order valence-corrected chi connectivity index (χ1v) is 9.06. The van der Waals surface area contributed by atoms with Crippen molar-refractivity contribution in [2.45, 2.75) is 0 Å². The first-order chi connectivity index (χ1) is 10.9. The Morgan fingerprint density at radius 1 is 1.04 bits per heavy atom. The molecular formula is C15H17FN4O2S. The van der Waals surface area contributed by atoms with Gasteiger partial charge in [-0.25, -0.2) is 22.8 Å². The topological polar surface area (TPSA) is 66.4 Å². The molecule has 0 saturated carbocycles. The lowest BCUT2D eigenvalue weighted by Gasteiger charge is -2.33. The van der Waals surface area contributed by atoms with Crippen LogP contribution in [0.1, 0.15) is 0 Å². The van der Waals surface area contributed by atoms with Gasteiger partial charge in [-0.1, -0.05) is 0 Å². The minimum atomic E-state index is -3.15. The van der Waals surface area contributed by atoms with E-state index in [-0.39, 0.29) is 5.82 Å². The standard InChI is InChI=1S/C15H17FN4O2S/c1-23(21,22)20-8-6-19(7-9-20)15-10-14(17-11-18-15)12-2-4-13(16)5-3-12/h2-5,10-11H,6-9H2,1H3. The molecule has 0 spiro atoms. The molecule has 0 bridgehead atoms. The van der Waals surface area contributed by atoms with E-state index in [4.69, 9.17) is 0 Å². The van der Waals surface area contributed by atoms with E-state index in [0.29, 0.717) is 31.9 Å². The van der Waals surface area contributed by atoms with E-state index in [1.165, 1.54) is 29.0 Å². The molecule has 8 heteroatoms. The molecule has 3 rings (SSSR count). The van der Waals surface area contributed by atoms with E-state index < -0.39 is 10.0 Å². The SMILES string of the molecule is CS(=O)(=O)N1CCN(c2cc(-c3ccc(F)cc3)ncn2)CC1. The monoisotopic (exact) mass is 336 g/mol. The van der Waals surface area contributed by atoms with Crippen LogP contribution in [0.15, 0.2) is 36.7 Å². The van der Waals surface area contributed by atoms with E-state index in [0.717, 1.165) is 11.4 Å². The van der Waals surface area contributed by atoms with Gasteiger partial charge in [0.05, 0.1) is 11.9 Å². The van der Waals surface area contributed by atoms with Gasteiger partial charge in [0.15, 0.2) is 0 Å². The Labute approximate surface area is 134 Å². The molecule has 122 valence electrons. The second-order valence-electron chi connectivity index (χ2n) is 5.42. The van der Waals surface area contributed by atoms with E-state index in [1.807, 2.05) is 11.0 Å². The Balaban J connectivity index is 1.77. The number of hydrogen-bond donors (Lipinski definition) is 0. The summed E-state index contributed by atoms with van der Waals surface area (Å²) < 4.78 is 37.6. The number of hydrogen-bond acceptors (Lipinski definition) is 5. The lowest BCUT2D eigenvalue weighted by Crippen LogP contribution is -2.48. The summed E-state index contributed by atoms with van der Waals surface area (Å²) in [5.74, 6) is 0.451. The summed E-state index contributed by atoms with van der Waals surface area (Å²) in [6, 6.07) is 7.96. The molecule has 6 nitrogen and oxygen atoms in total. The molecular weight excluding hydrogens is 319 g/mol. The molecule has 2 aromatic rings. The van der Waals surface area contributed by atoms with Crippen LogP contribution in [0.2, 0.25) is 0 Å². The minimum Gasteiger partial charge on any atom is -0.354 e. The first kappa shape index (κ1) is 15.8. The van der Waals surface area contributed by atoms with Gasteiger partial charge in [0.2, 0.25) is 10.0 Å². The average Bonchev–Trinajstić information content (AvgIpc) is 2.55. The zero-order chi connectivity index (χ0) is 16.4. The fourth-order valence-corrected chi connectivity index (χ4v) is 3.37. The van der Waals surface area contributed by atoms with Crippen molar-refractivity contribution < 1.29 is 12.8 Å². The molecule has 1 saturated heterocycles. The highest BCUT2D eigenvalue weighted by Gasteiger charge is 2.24. The summed E-state index contributed by atoms with van der Waals surface area (Å²) in [5, 5.41) is 0. The van der Waals surface area contributed by atoms with Crippen molar-refractivity contribution in [1.82, 2.24) is 14.3 Å². The number of piperazine rings is 1. The van der Waals surface area contributed by atoms with Crippen LogP contribution in [0.5, 0.6) is 0 Å². The molecule has 1 aliphatic rings. The molecule has 1 fully saturated rings. The summed E-state index contributed by atoms with van der Waals surface area (Å²) in [7, 11) is -3.15. The van der Waals surface area contributed by atoms with Crippen molar-refractivity contribution in [3.05, 3.63) is 42.5 Å². The van der Waals surface area contributed by atoms with Crippen LogP contribution >= 0.6 is 0 Å². The summed E-state index contributed by atoms with van der Waals surface area (Å²) in [4.78, 5) is 10.5. The maximum Gasteiger partial charge on any atom is 0.211 e. The number of halogens is 1. The summed E-state index contributed by atoms with van der Waals surface area (Å²) in [6.07, 6.45) is 2.69. The lowest BCUT2D eigenvalue weighted by molar-refractivity contribution is 0.387. The number of aromatic nitrogens is 2. The van der Waals surface area contributed by atoms with Crippen LogP contribution in [0.3, 0.4) is 0 Å². The highest BCUT2D eigenvalue weighted by molar-refractivity contribution is 7.88. The molecule has 0 radical (unpaired) electrons. The van der Waals surface area contributed by atoms with Gasteiger partial charge in [-0.05, 0) is 24.3 Å². The zero-order valence-electron chi connectivity index (χ0n) is 12.7. The third-order valence-corrected chi connectivity index (χ3v) is 5.13. The third kappa shape index (κ3) is 3.65. The maximum absolute atomic E-state index is 13.0. The Hall–Kier alpha value is -2.06. The first-order valence-electron chi connectivity index (χ1n) is 7.21. The van der Waals surface area contributed by atoms with Crippen LogP contribution in [0.25, 0.3) is 11.3 Å². The van der Waals surface area contributed by atoms with Crippen molar-refractivity contribution in [3.63, 3.8) is 0 Å². The number of benzene rings is 1. The summed E-state index contributed by atoms with van der Waals surface area (Å²) in [5.41, 5.74) is 1.52. The maximum atomic E-state index is 13.0. The van der Waals surface area contributed by atoms with Gasteiger partial charge in [-0.15, -0.1) is 0 Å². The molecule has 1 aromatic heterocycles. The highest BCUT2D eigenvalue weighted by atomic mass is 32.2. The Bertz CT molecular complexity index is 787. The minimum absolute atomic E-state index is 0.292. The second-order valence-corrected chi connectivity index (χ2v) is 7.40. The number of rotatable bonds is 3. The molecule has 0 amide bonds. The van der Waals surface area contributed by atoms with Crippen LogP contribution in [0.4, 0.5) is 10.2 Å². The summed E-state index contributed by atoms with van der Waals surface area (Å²) in [6.45, 7) is 2.03. The van der Waals surface area contributed by atoms with Gasteiger partial charge in [-0.2, -0.15) is 4.31 Å². The van der Waals surface area contributed by atoms with E-state index in [2.05, 4.69) is 9.97 Å². The van der Waals surface area contributed by atoms with E-state index in [9.17, 15) is 12.8 Å². The second kappa shape index (κ2) is 6.21. The Morgan fingerprint density at radius 3 is 2.30 bits per heavy atom. The van der Waals surface area contributed by atoms with Crippen LogP contribution < -0.4 is 4.90 Å². The third-order valence-electron chi connectivity index (χ3n) is 3.82. The predicted octanol–water partition coefficient (Wildman–Crippen LogP) is 1.36. The van der Waals surface area contributed by atoms with Gasteiger partial charge < -0.3 is 4.90 Å². The van der Waals surface area contributed by atoms with Gasteiger partial charge in [0, 0.05) is 37.8 Å². The predicted molar refractivity (Wildman–Crippen MR) is 86.1 cm³/mol. The van der Waals surface area contributed by atoms with E-state index >= 15 is 0 Å². The van der Waals surface area contributed by atoms with Gasteiger partial charge in [-0.3, -0.25) is 0 Å². The average molecular weight is 336 g/mol. The quantitative estimate of drug-likeness (QED) is 0.847. The molecule has 1 aromatic carbocycles. The zero-order valence-corrected chi connectivity index (χ0v) is 13.5. The number of nitrogens with zero attached hydrogens (tertiary/aromatic N) is 4. The fraction of sp³-hybridized carbons (Fsp3) is 0.333. The summed E-state index contributed by atoms with van der Waals surface area (Å²) >= 11 is 0. The van der Waals surface area contributed by atoms with Crippen LogP contribution in [-0.2, 0) is 10.0 Å². The molecule has 23 heavy (non-hydrogen) atoms. The van der Waals surface area contributed by atoms with Crippen molar-refractivity contribution >= 4 is 15.8 Å². The molecule has 2 heterocycles. The smallest absolute Gasteiger partial charge is 0.211 e. The van der Waals surface area contributed by atoms with Crippen molar-refractivity contribution in [2.75, 3.05) is 37.3 Å². The number of anilines is 1. The molecule has 0 N–H and O–H groups in total. The molecule has 0 atom stereocenters. The van der Waals surface area contributed by atoms with Crippen molar-refractivity contribution in [3.8, 4) is 11.3 Å². The highest BCUT2D eigenvalue weighted by Crippen LogP contribution is 2.22. The van der Waals surface area contributed by atoms with Crippen molar-refractivity contribution in [1.29, 1.82) is 0 Å². The molecule has 1 aliphatic heterocycles. The van der Waals surface area contributed by atoms with Crippen molar-refractivity contribution in [2.24, 2.45) is 0 Å². The van der Waals surface area contributed by atoms with Gasteiger partial charge in [0.1, 0.15) is 18.0 Å². The van der Waals surface area contributed by atoms with Gasteiger partial charge >= 0.3 is 0 Å². The fourth-order valence-electron chi connectivity index (χ4n) is 2.55. The van der Waals surface area contributed by atoms with Gasteiger partial charge in [0.25, 0.3) is 0 Å². The van der Waals surface area contributed by atoms with Crippen LogP contribution in [0, 0.1) is 5.82 Å². The molecule has 0 aliphatic carbocycles. The lowest BCUT2D eigenvalue weighted by atomic mass is 10.1. The Morgan fingerprint density at radius 2 is 1.70 bits per heavy atom. The number of sulfonamides is 1. The molecule has 0 unspecified atom stereocenters. The van der Waals surface area contributed by atoms with Crippen LogP contribution in [-0.4, -0.2) is 55.1 Å². The van der Waals surface area contributed by atoms with E-state index in [1.54, 1.807) is 12.1 Å². The Kier molecular flexibility index (Phi) is 4.27. The normalized spacial score (nSPS) is 16.5. The largest absolute Gasteiger partial charge is 0.354 e.